The van der Waals surface area contributed by atoms with Crippen molar-refractivity contribution in [3.63, 3.8) is 0 Å². The summed E-state index contributed by atoms with van der Waals surface area (Å²) in [6, 6.07) is 3.74. The Hall–Kier alpha value is -1.86. The summed E-state index contributed by atoms with van der Waals surface area (Å²) in [6.45, 7) is 2.11. The van der Waals surface area contributed by atoms with E-state index in [1.807, 2.05) is 28.4 Å². The summed E-state index contributed by atoms with van der Waals surface area (Å²) in [6.07, 6.45) is 7.16. The fourth-order valence-corrected chi connectivity index (χ4v) is 3.09. The van der Waals surface area contributed by atoms with E-state index >= 15 is 0 Å². The molecule has 0 saturated carbocycles. The molecule has 1 aliphatic heterocycles. The van der Waals surface area contributed by atoms with Crippen LogP contribution in [0.15, 0.2) is 29.9 Å². The smallest absolute Gasteiger partial charge is 0.319 e. The Kier molecular flexibility index (Phi) is 5.07. The van der Waals surface area contributed by atoms with Gasteiger partial charge in [0, 0.05) is 17.7 Å². The number of urea groups is 1. The Morgan fingerprint density at radius 3 is 3.23 bits per heavy atom. The van der Waals surface area contributed by atoms with Crippen LogP contribution in [0.5, 0.6) is 0 Å². The van der Waals surface area contributed by atoms with Crippen LogP contribution in [0, 0.1) is 0 Å². The van der Waals surface area contributed by atoms with Crippen LogP contribution < -0.4 is 10.6 Å². The van der Waals surface area contributed by atoms with Crippen molar-refractivity contribution in [3.05, 3.63) is 34.8 Å². The van der Waals surface area contributed by atoms with E-state index in [0.29, 0.717) is 12.2 Å². The molecule has 118 valence electrons. The van der Waals surface area contributed by atoms with E-state index in [4.69, 9.17) is 4.74 Å². The number of carbonyl (C=O) groups is 1. The number of carbonyl (C=O) groups excluding carboxylic acids is 1. The fraction of sp³-hybridized carbons (Fsp3) is 0.467. The van der Waals surface area contributed by atoms with E-state index < -0.39 is 0 Å². The lowest BCUT2D eigenvalue weighted by molar-refractivity contribution is 0.00401. The van der Waals surface area contributed by atoms with E-state index in [2.05, 4.69) is 15.7 Å². The third kappa shape index (κ3) is 4.32. The van der Waals surface area contributed by atoms with Crippen LogP contribution in [-0.4, -0.2) is 28.5 Å². The lowest BCUT2D eigenvalue weighted by atomic mass is 10.1. The van der Waals surface area contributed by atoms with Gasteiger partial charge in [0.15, 0.2) is 0 Å². The third-order valence-corrected chi connectivity index (χ3v) is 4.44. The van der Waals surface area contributed by atoms with Gasteiger partial charge < -0.3 is 15.4 Å². The summed E-state index contributed by atoms with van der Waals surface area (Å²) < 4.78 is 7.52. The minimum absolute atomic E-state index is 0.220. The van der Waals surface area contributed by atoms with Gasteiger partial charge in [-0.1, -0.05) is 6.07 Å². The molecule has 1 fully saturated rings. The van der Waals surface area contributed by atoms with Gasteiger partial charge in [-0.15, -0.1) is 11.3 Å². The number of anilines is 1. The van der Waals surface area contributed by atoms with Crippen molar-refractivity contribution < 1.29 is 9.53 Å². The molecule has 0 aromatic carbocycles. The normalized spacial score (nSPS) is 18.1. The summed E-state index contributed by atoms with van der Waals surface area (Å²) >= 11 is 1.62. The predicted molar refractivity (Wildman–Crippen MR) is 86.0 cm³/mol. The maximum Gasteiger partial charge on any atom is 0.319 e. The molecule has 22 heavy (non-hydrogen) atoms. The van der Waals surface area contributed by atoms with Gasteiger partial charge >= 0.3 is 6.03 Å². The first-order valence-corrected chi connectivity index (χ1v) is 8.39. The molecule has 2 amide bonds. The lowest BCUT2D eigenvalue weighted by Crippen LogP contribution is -2.27. The molecule has 3 heterocycles. The molecular formula is C15H20N4O2S. The number of nitrogens with one attached hydrogen (secondary N) is 2. The molecule has 3 rings (SSSR count). The SMILES string of the molecule is O=C(NCc1cccs1)Nc1cnn(CC2CCCCO2)c1. The number of hydrogen-bond acceptors (Lipinski definition) is 4. The Balaban J connectivity index is 1.45. The first-order valence-electron chi connectivity index (χ1n) is 7.51. The Morgan fingerprint density at radius 1 is 1.50 bits per heavy atom. The molecule has 1 saturated heterocycles. The number of ether oxygens (including phenoxy) is 1. The molecule has 2 aromatic heterocycles. The van der Waals surface area contributed by atoms with Gasteiger partial charge in [-0.25, -0.2) is 4.79 Å². The molecule has 0 radical (unpaired) electrons. The summed E-state index contributed by atoms with van der Waals surface area (Å²) in [5.41, 5.74) is 0.694. The second-order valence-corrected chi connectivity index (χ2v) is 6.36. The zero-order valence-electron chi connectivity index (χ0n) is 12.3. The van der Waals surface area contributed by atoms with Gasteiger partial charge in [0.05, 0.1) is 31.1 Å². The van der Waals surface area contributed by atoms with Crippen LogP contribution >= 0.6 is 11.3 Å². The molecule has 1 aliphatic rings. The maximum absolute atomic E-state index is 11.8. The number of aromatic nitrogens is 2. The minimum Gasteiger partial charge on any atom is -0.376 e. The molecule has 1 atom stereocenters. The van der Waals surface area contributed by atoms with Crippen molar-refractivity contribution >= 4 is 23.1 Å². The molecule has 0 spiro atoms. The zero-order valence-corrected chi connectivity index (χ0v) is 13.1. The van der Waals surface area contributed by atoms with Crippen LogP contribution in [0.25, 0.3) is 0 Å². The van der Waals surface area contributed by atoms with Crippen molar-refractivity contribution in [1.29, 1.82) is 0 Å². The number of thiophene rings is 1. The van der Waals surface area contributed by atoms with Gasteiger partial charge in [-0.05, 0) is 30.7 Å². The molecule has 0 aliphatic carbocycles. The zero-order chi connectivity index (χ0) is 15.2. The number of nitrogens with zero attached hydrogens (tertiary/aromatic N) is 2. The second-order valence-electron chi connectivity index (χ2n) is 5.33. The standard InChI is InChI=1S/C15H20N4O2S/c20-15(16-9-14-5-3-7-22-14)18-12-8-17-19(10-12)11-13-4-1-2-6-21-13/h3,5,7-8,10,13H,1-2,4,6,9,11H2,(H2,16,18,20). The molecule has 6 nitrogen and oxygen atoms in total. The van der Waals surface area contributed by atoms with Gasteiger partial charge in [-0.2, -0.15) is 5.10 Å². The summed E-state index contributed by atoms with van der Waals surface area (Å²) in [5.74, 6) is 0. The van der Waals surface area contributed by atoms with Crippen molar-refractivity contribution in [3.8, 4) is 0 Å². The summed E-state index contributed by atoms with van der Waals surface area (Å²) in [4.78, 5) is 13.0. The highest BCUT2D eigenvalue weighted by molar-refractivity contribution is 7.09. The highest BCUT2D eigenvalue weighted by Gasteiger charge is 2.15. The first-order chi connectivity index (χ1) is 10.8. The monoisotopic (exact) mass is 320 g/mol. The predicted octanol–water partition coefficient (Wildman–Crippen LogP) is 2.84. The fourth-order valence-electron chi connectivity index (χ4n) is 2.44. The highest BCUT2D eigenvalue weighted by atomic mass is 32.1. The van der Waals surface area contributed by atoms with E-state index in [1.165, 1.54) is 6.42 Å². The van der Waals surface area contributed by atoms with Crippen LogP contribution in [0.4, 0.5) is 10.5 Å². The summed E-state index contributed by atoms with van der Waals surface area (Å²) in [5, 5.41) is 11.9. The topological polar surface area (TPSA) is 68.2 Å². The van der Waals surface area contributed by atoms with Crippen LogP contribution in [0.1, 0.15) is 24.1 Å². The first kappa shape index (κ1) is 15.1. The number of rotatable bonds is 5. The molecule has 2 N–H and O–H groups in total. The van der Waals surface area contributed by atoms with Gasteiger partial charge in [0.2, 0.25) is 0 Å². The van der Waals surface area contributed by atoms with Gasteiger partial charge in [0.25, 0.3) is 0 Å². The van der Waals surface area contributed by atoms with Crippen molar-refractivity contribution in [1.82, 2.24) is 15.1 Å². The maximum atomic E-state index is 11.8. The third-order valence-electron chi connectivity index (χ3n) is 3.56. The average Bonchev–Trinajstić information content (AvgIpc) is 3.18. The van der Waals surface area contributed by atoms with Crippen molar-refractivity contribution in [2.24, 2.45) is 0 Å². The van der Waals surface area contributed by atoms with Crippen LogP contribution in [0.2, 0.25) is 0 Å². The van der Waals surface area contributed by atoms with Crippen molar-refractivity contribution in [2.45, 2.75) is 38.5 Å². The Bertz CT molecular complexity index is 590. The van der Waals surface area contributed by atoms with Crippen molar-refractivity contribution in [2.75, 3.05) is 11.9 Å². The minimum atomic E-state index is -0.220. The second kappa shape index (κ2) is 7.42. The number of hydrogen-bond donors (Lipinski definition) is 2. The summed E-state index contributed by atoms with van der Waals surface area (Å²) in [7, 11) is 0. The van der Waals surface area contributed by atoms with E-state index in [9.17, 15) is 4.79 Å². The van der Waals surface area contributed by atoms with E-state index in [-0.39, 0.29) is 12.1 Å². The highest BCUT2D eigenvalue weighted by Crippen LogP contribution is 2.15. The Labute approximate surface area is 133 Å². The average molecular weight is 320 g/mol. The van der Waals surface area contributed by atoms with Crippen LogP contribution in [-0.2, 0) is 17.8 Å². The largest absolute Gasteiger partial charge is 0.376 e. The van der Waals surface area contributed by atoms with Crippen LogP contribution in [0.3, 0.4) is 0 Å². The molecule has 2 aromatic rings. The molecule has 7 heteroatoms. The molecular weight excluding hydrogens is 300 g/mol. The van der Waals surface area contributed by atoms with Gasteiger partial charge in [-0.3, -0.25) is 4.68 Å². The Morgan fingerprint density at radius 2 is 2.45 bits per heavy atom. The lowest BCUT2D eigenvalue weighted by Gasteiger charge is -2.22. The molecule has 1 unspecified atom stereocenters. The molecule has 0 bridgehead atoms. The van der Waals surface area contributed by atoms with Gasteiger partial charge in [0.1, 0.15) is 0 Å². The van der Waals surface area contributed by atoms with E-state index in [1.54, 1.807) is 17.5 Å². The quantitative estimate of drug-likeness (QED) is 0.890. The van der Waals surface area contributed by atoms with E-state index in [0.717, 1.165) is 30.9 Å². The number of amides is 2.